The number of carbonyl (C=O) groups excluding carboxylic acids is 1. The Balaban J connectivity index is 1.87. The maximum Gasteiger partial charge on any atom is 0.236 e. The van der Waals surface area contributed by atoms with Crippen molar-refractivity contribution in [2.45, 2.75) is 33.1 Å². The van der Waals surface area contributed by atoms with Crippen LogP contribution in [-0.2, 0) is 4.79 Å². The molecular weight excluding hydrogens is 408 g/mol. The van der Waals surface area contributed by atoms with Gasteiger partial charge in [-0.05, 0) is 48.2 Å². The Morgan fingerprint density at radius 3 is 2.56 bits per heavy atom. The lowest BCUT2D eigenvalue weighted by Crippen LogP contribution is -2.13. The van der Waals surface area contributed by atoms with E-state index in [9.17, 15) is 4.79 Å². The lowest BCUT2D eigenvalue weighted by atomic mass is 9.99. The van der Waals surface area contributed by atoms with E-state index in [2.05, 4.69) is 52.4 Å². The van der Waals surface area contributed by atoms with Gasteiger partial charge in [0.15, 0.2) is 0 Å². The number of ether oxygens (including phenoxy) is 2. The van der Waals surface area contributed by atoms with Gasteiger partial charge in [-0.15, -0.1) is 0 Å². The Bertz CT molecular complexity index is 775. The van der Waals surface area contributed by atoms with E-state index in [1.165, 1.54) is 12.5 Å². The van der Waals surface area contributed by atoms with Crippen LogP contribution in [0.25, 0.3) is 0 Å². The van der Waals surface area contributed by atoms with Crippen molar-refractivity contribution in [3.8, 4) is 11.5 Å². The molecule has 2 aromatic carbocycles. The third-order valence-corrected chi connectivity index (χ3v) is 4.56. The highest BCUT2D eigenvalue weighted by Crippen LogP contribution is 2.23. The minimum absolute atomic E-state index is 0.225. The number of hydrogen-bond donors (Lipinski definition) is 1. The number of nitrogens with zero attached hydrogens (tertiary/aromatic N) is 1. The molecule has 2 rings (SSSR count). The second-order valence-corrected chi connectivity index (χ2v) is 7.10. The Hall–Kier alpha value is -2.34. The molecule has 5 nitrogen and oxygen atoms in total. The van der Waals surface area contributed by atoms with Crippen LogP contribution in [0.15, 0.2) is 52.0 Å². The summed E-state index contributed by atoms with van der Waals surface area (Å²) in [6, 6.07) is 13.8. The van der Waals surface area contributed by atoms with Gasteiger partial charge in [-0.3, -0.25) is 4.79 Å². The number of hydrazone groups is 1. The van der Waals surface area contributed by atoms with Crippen LogP contribution < -0.4 is 14.9 Å². The summed E-state index contributed by atoms with van der Waals surface area (Å²) in [5, 5.41) is 3.89. The number of amides is 1. The van der Waals surface area contributed by atoms with Gasteiger partial charge in [0.05, 0.1) is 6.21 Å². The topological polar surface area (TPSA) is 59.9 Å². The van der Waals surface area contributed by atoms with E-state index in [-0.39, 0.29) is 5.91 Å². The summed E-state index contributed by atoms with van der Waals surface area (Å²) in [4.78, 5) is 10.9. The summed E-state index contributed by atoms with van der Waals surface area (Å²) in [6.45, 7) is 6.64. The number of hydrogen-bond acceptors (Lipinski definition) is 4. The van der Waals surface area contributed by atoms with Gasteiger partial charge in [-0.25, -0.2) is 5.43 Å². The molecule has 0 saturated heterocycles. The smallest absolute Gasteiger partial charge is 0.236 e. The van der Waals surface area contributed by atoms with Gasteiger partial charge >= 0.3 is 0 Å². The summed E-state index contributed by atoms with van der Waals surface area (Å²) < 4.78 is 12.4. The molecule has 0 unspecified atom stereocenters. The minimum atomic E-state index is -0.225. The second-order valence-electron chi connectivity index (χ2n) is 6.18. The molecule has 2 aromatic rings. The molecule has 0 fully saturated rings. The summed E-state index contributed by atoms with van der Waals surface area (Å²) in [5.41, 5.74) is 4.46. The maximum atomic E-state index is 10.9. The molecule has 0 aliphatic heterocycles. The van der Waals surface area contributed by atoms with E-state index in [0.717, 1.165) is 22.2 Å². The van der Waals surface area contributed by atoms with Gasteiger partial charge in [0.1, 0.15) is 24.7 Å². The van der Waals surface area contributed by atoms with Crippen molar-refractivity contribution in [1.29, 1.82) is 0 Å². The average molecular weight is 433 g/mol. The SMILES string of the molecule is CC[C@@H](C)c1ccc(OCCOc2ccc(Br)cc2/C=N\NC(C)=O)cc1. The van der Waals surface area contributed by atoms with E-state index in [4.69, 9.17) is 9.47 Å². The molecule has 0 saturated carbocycles. The molecule has 0 aromatic heterocycles. The van der Waals surface area contributed by atoms with Crippen LogP contribution in [0.2, 0.25) is 0 Å². The van der Waals surface area contributed by atoms with Crippen LogP contribution in [-0.4, -0.2) is 25.3 Å². The molecule has 144 valence electrons. The highest BCUT2D eigenvalue weighted by Gasteiger charge is 2.05. The molecule has 0 aliphatic rings. The fourth-order valence-electron chi connectivity index (χ4n) is 2.38. The monoisotopic (exact) mass is 432 g/mol. The Labute approximate surface area is 168 Å². The fraction of sp³-hybridized carbons (Fsp3) is 0.333. The molecule has 1 atom stereocenters. The predicted molar refractivity (Wildman–Crippen MR) is 112 cm³/mol. The average Bonchev–Trinajstić information content (AvgIpc) is 2.66. The van der Waals surface area contributed by atoms with Gasteiger partial charge in [-0.1, -0.05) is 41.9 Å². The Morgan fingerprint density at radius 1 is 1.19 bits per heavy atom. The van der Waals surface area contributed by atoms with Gasteiger partial charge in [-0.2, -0.15) is 5.10 Å². The molecule has 0 bridgehead atoms. The van der Waals surface area contributed by atoms with E-state index in [0.29, 0.717) is 24.9 Å². The predicted octanol–water partition coefficient (Wildman–Crippen LogP) is 4.89. The van der Waals surface area contributed by atoms with Gasteiger partial charge in [0.25, 0.3) is 0 Å². The Kier molecular flexibility index (Phi) is 8.33. The van der Waals surface area contributed by atoms with Crippen LogP contribution in [0.1, 0.15) is 44.2 Å². The van der Waals surface area contributed by atoms with E-state index >= 15 is 0 Å². The zero-order valence-corrected chi connectivity index (χ0v) is 17.5. The fourth-order valence-corrected chi connectivity index (χ4v) is 2.76. The summed E-state index contributed by atoms with van der Waals surface area (Å²) >= 11 is 3.42. The van der Waals surface area contributed by atoms with Crippen LogP contribution in [0.3, 0.4) is 0 Å². The van der Waals surface area contributed by atoms with Crippen LogP contribution >= 0.6 is 15.9 Å². The summed E-state index contributed by atoms with van der Waals surface area (Å²) in [7, 11) is 0. The van der Waals surface area contributed by atoms with Crippen molar-refractivity contribution in [2.24, 2.45) is 5.10 Å². The molecule has 0 spiro atoms. The second kappa shape index (κ2) is 10.7. The molecule has 0 heterocycles. The van der Waals surface area contributed by atoms with Crippen LogP contribution in [0.5, 0.6) is 11.5 Å². The molecule has 0 aliphatic carbocycles. The van der Waals surface area contributed by atoms with Crippen molar-refractivity contribution in [3.63, 3.8) is 0 Å². The van der Waals surface area contributed by atoms with E-state index in [1.807, 2.05) is 30.3 Å². The normalized spacial score (nSPS) is 12.0. The number of carbonyl (C=O) groups is 1. The third-order valence-electron chi connectivity index (χ3n) is 4.07. The molecule has 6 heteroatoms. The Morgan fingerprint density at radius 2 is 1.89 bits per heavy atom. The zero-order chi connectivity index (χ0) is 19.6. The number of nitrogens with one attached hydrogen (secondary N) is 1. The van der Waals surface area contributed by atoms with Gasteiger partial charge in [0, 0.05) is 17.0 Å². The lowest BCUT2D eigenvalue weighted by molar-refractivity contribution is -0.118. The highest BCUT2D eigenvalue weighted by atomic mass is 79.9. The van der Waals surface area contributed by atoms with Crippen molar-refractivity contribution >= 4 is 28.1 Å². The van der Waals surface area contributed by atoms with E-state index in [1.54, 1.807) is 6.21 Å². The standard InChI is InChI=1S/C21H25BrN2O3/c1-4-15(2)17-5-8-20(9-6-17)26-11-12-27-21-10-7-19(22)13-18(21)14-23-24-16(3)25/h5-10,13-15H,4,11-12H2,1-3H3,(H,24,25)/b23-14-/t15-/m1/s1. The van der Waals surface area contributed by atoms with Gasteiger partial charge < -0.3 is 9.47 Å². The van der Waals surface area contributed by atoms with Crippen molar-refractivity contribution < 1.29 is 14.3 Å². The van der Waals surface area contributed by atoms with Gasteiger partial charge in [0.2, 0.25) is 5.91 Å². The molecular formula is C21H25BrN2O3. The zero-order valence-electron chi connectivity index (χ0n) is 15.9. The van der Waals surface area contributed by atoms with Crippen LogP contribution in [0.4, 0.5) is 0 Å². The first-order valence-corrected chi connectivity index (χ1v) is 9.73. The van der Waals surface area contributed by atoms with Crippen molar-refractivity contribution in [2.75, 3.05) is 13.2 Å². The molecule has 0 radical (unpaired) electrons. The largest absolute Gasteiger partial charge is 0.490 e. The number of halogens is 1. The molecule has 1 amide bonds. The number of rotatable bonds is 9. The maximum absolute atomic E-state index is 10.9. The first-order chi connectivity index (χ1) is 13.0. The quantitative estimate of drug-likeness (QED) is 0.348. The van der Waals surface area contributed by atoms with E-state index < -0.39 is 0 Å². The van der Waals surface area contributed by atoms with Crippen LogP contribution in [0, 0.1) is 0 Å². The minimum Gasteiger partial charge on any atom is -0.490 e. The summed E-state index contributed by atoms with van der Waals surface area (Å²) in [5.74, 6) is 1.82. The third kappa shape index (κ3) is 7.06. The van der Waals surface area contributed by atoms with Crippen molar-refractivity contribution in [1.82, 2.24) is 5.43 Å². The first-order valence-electron chi connectivity index (χ1n) is 8.94. The van der Waals surface area contributed by atoms with Crippen molar-refractivity contribution in [3.05, 3.63) is 58.1 Å². The summed E-state index contributed by atoms with van der Waals surface area (Å²) in [6.07, 6.45) is 2.67. The lowest BCUT2D eigenvalue weighted by Gasteiger charge is -2.12. The highest BCUT2D eigenvalue weighted by molar-refractivity contribution is 9.10. The number of benzene rings is 2. The molecule has 27 heavy (non-hydrogen) atoms. The molecule has 1 N–H and O–H groups in total. The first kappa shape index (κ1) is 21.0.